The van der Waals surface area contributed by atoms with Gasteiger partial charge in [0.25, 0.3) is 0 Å². The van der Waals surface area contributed by atoms with Crippen molar-refractivity contribution in [1.29, 1.82) is 0 Å². The highest BCUT2D eigenvalue weighted by Gasteiger charge is 2.28. The van der Waals surface area contributed by atoms with E-state index in [9.17, 15) is 13.2 Å². The molecule has 0 spiro atoms. The number of halogens is 4. The number of guanidine groups is 1. The average molecular weight is 523 g/mol. The van der Waals surface area contributed by atoms with Gasteiger partial charge in [0.1, 0.15) is 11.5 Å². The van der Waals surface area contributed by atoms with Crippen molar-refractivity contribution in [1.82, 2.24) is 10.6 Å². The van der Waals surface area contributed by atoms with Crippen LogP contribution >= 0.6 is 24.0 Å². The molecule has 0 unspecified atom stereocenters. The van der Waals surface area contributed by atoms with Gasteiger partial charge in [0.05, 0.1) is 6.61 Å². The molecule has 0 atom stereocenters. The summed E-state index contributed by atoms with van der Waals surface area (Å²) in [6.07, 6.45) is -4.35. The topological polar surface area (TPSA) is 54.9 Å². The van der Waals surface area contributed by atoms with Gasteiger partial charge in [-0.25, -0.2) is 0 Å². The summed E-state index contributed by atoms with van der Waals surface area (Å²) in [7, 11) is 1.67. The van der Waals surface area contributed by atoms with Gasteiger partial charge in [0.15, 0.2) is 12.6 Å². The summed E-state index contributed by atoms with van der Waals surface area (Å²) in [5.41, 5.74) is 1.95. The second kappa shape index (κ2) is 12.4. The number of hydrogen-bond acceptors (Lipinski definition) is 3. The van der Waals surface area contributed by atoms with Crippen LogP contribution < -0.4 is 20.1 Å². The van der Waals surface area contributed by atoms with E-state index in [1.165, 1.54) is 12.1 Å². The fourth-order valence-corrected chi connectivity index (χ4v) is 2.37. The van der Waals surface area contributed by atoms with Crippen molar-refractivity contribution in [2.24, 2.45) is 4.99 Å². The molecule has 2 N–H and O–H groups in total. The summed E-state index contributed by atoms with van der Waals surface area (Å²) >= 11 is 0. The maximum absolute atomic E-state index is 12.2. The van der Waals surface area contributed by atoms with E-state index in [1.54, 1.807) is 19.2 Å². The van der Waals surface area contributed by atoms with Crippen LogP contribution in [0.25, 0.3) is 0 Å². The molecule has 0 saturated carbocycles. The highest BCUT2D eigenvalue weighted by molar-refractivity contribution is 14.0. The molecule has 0 aliphatic heterocycles. The first-order chi connectivity index (χ1) is 13.4. The second-order valence-electron chi connectivity index (χ2n) is 5.91. The van der Waals surface area contributed by atoms with Gasteiger partial charge < -0.3 is 20.1 Å². The number of nitrogens with one attached hydrogen (secondary N) is 2. The number of nitrogens with zero attached hydrogens (tertiary/aromatic N) is 1. The minimum Gasteiger partial charge on any atom is -0.494 e. The molecule has 29 heavy (non-hydrogen) atoms. The molecule has 0 amide bonds. The van der Waals surface area contributed by atoms with Crippen LogP contribution in [-0.4, -0.2) is 32.4 Å². The lowest BCUT2D eigenvalue weighted by molar-refractivity contribution is -0.153. The van der Waals surface area contributed by atoms with Crippen LogP contribution in [0, 0.1) is 0 Å². The zero-order valence-electron chi connectivity index (χ0n) is 16.3. The van der Waals surface area contributed by atoms with Crippen molar-refractivity contribution >= 4 is 29.9 Å². The lowest BCUT2D eigenvalue weighted by atomic mass is 10.2. The number of hydrogen-bond donors (Lipinski definition) is 2. The largest absolute Gasteiger partial charge is 0.494 e. The molecule has 9 heteroatoms. The molecule has 2 rings (SSSR count). The molecule has 160 valence electrons. The van der Waals surface area contributed by atoms with Crippen molar-refractivity contribution in [3.63, 3.8) is 0 Å². The standard InChI is InChI=1S/C20H24F3N3O2.HI/c1-3-27-18-6-4-5-16(11-18)13-26-19(24-2)25-12-15-7-9-17(10-8-15)28-14-20(21,22)23;/h4-11H,3,12-14H2,1-2H3,(H2,24,25,26);1H. The number of aliphatic imine (C=N–C) groups is 1. The van der Waals surface area contributed by atoms with Gasteiger partial charge in [-0.2, -0.15) is 13.2 Å². The normalized spacial score (nSPS) is 11.4. The van der Waals surface area contributed by atoms with E-state index in [2.05, 4.69) is 15.6 Å². The maximum atomic E-state index is 12.2. The molecule has 0 aliphatic rings. The Hall–Kier alpha value is -2.17. The molecule has 2 aromatic carbocycles. The molecule has 5 nitrogen and oxygen atoms in total. The Labute approximate surface area is 185 Å². The second-order valence-corrected chi connectivity index (χ2v) is 5.91. The van der Waals surface area contributed by atoms with E-state index in [4.69, 9.17) is 9.47 Å². The number of alkyl halides is 3. The third-order valence-electron chi connectivity index (χ3n) is 3.68. The maximum Gasteiger partial charge on any atom is 0.422 e. The number of rotatable bonds is 8. The van der Waals surface area contributed by atoms with Crippen LogP contribution in [0.1, 0.15) is 18.1 Å². The van der Waals surface area contributed by atoms with Crippen molar-refractivity contribution < 1.29 is 22.6 Å². The predicted molar refractivity (Wildman–Crippen MR) is 118 cm³/mol. The van der Waals surface area contributed by atoms with Crippen LogP contribution in [0.4, 0.5) is 13.2 Å². The summed E-state index contributed by atoms with van der Waals surface area (Å²) in [6.45, 7) is 2.29. The summed E-state index contributed by atoms with van der Waals surface area (Å²) in [4.78, 5) is 4.16. The third kappa shape index (κ3) is 9.73. The van der Waals surface area contributed by atoms with E-state index >= 15 is 0 Å². The lowest BCUT2D eigenvalue weighted by Crippen LogP contribution is -2.36. The molecule has 0 saturated heterocycles. The Morgan fingerprint density at radius 2 is 1.59 bits per heavy atom. The zero-order valence-corrected chi connectivity index (χ0v) is 18.6. The van der Waals surface area contributed by atoms with E-state index in [0.29, 0.717) is 25.7 Å². The smallest absolute Gasteiger partial charge is 0.422 e. The van der Waals surface area contributed by atoms with E-state index < -0.39 is 12.8 Å². The van der Waals surface area contributed by atoms with E-state index in [1.807, 2.05) is 31.2 Å². The van der Waals surface area contributed by atoms with Crippen molar-refractivity contribution in [3.8, 4) is 11.5 Å². The van der Waals surface area contributed by atoms with Gasteiger partial charge in [0, 0.05) is 20.1 Å². The van der Waals surface area contributed by atoms with Gasteiger partial charge >= 0.3 is 6.18 Å². The minimum absolute atomic E-state index is 0. The third-order valence-corrected chi connectivity index (χ3v) is 3.68. The molecule has 0 aromatic heterocycles. The summed E-state index contributed by atoms with van der Waals surface area (Å²) < 4.78 is 46.7. The average Bonchev–Trinajstić information content (AvgIpc) is 2.67. The molecular weight excluding hydrogens is 498 g/mol. The summed E-state index contributed by atoms with van der Waals surface area (Å²) in [5, 5.41) is 6.37. The van der Waals surface area contributed by atoms with Gasteiger partial charge in [-0.1, -0.05) is 24.3 Å². The highest BCUT2D eigenvalue weighted by atomic mass is 127. The van der Waals surface area contributed by atoms with Crippen LogP contribution in [0.2, 0.25) is 0 Å². The predicted octanol–water partition coefficient (Wildman–Crippen LogP) is 4.51. The minimum atomic E-state index is -4.35. The SMILES string of the molecule is CCOc1cccc(CNC(=NC)NCc2ccc(OCC(F)(F)F)cc2)c1.I. The Morgan fingerprint density at radius 1 is 0.931 bits per heavy atom. The molecular formula is C20H25F3IN3O2. The molecule has 2 aromatic rings. The van der Waals surface area contributed by atoms with Crippen molar-refractivity contribution in [2.75, 3.05) is 20.3 Å². The quantitative estimate of drug-likeness (QED) is 0.304. The number of ether oxygens (including phenoxy) is 2. The van der Waals surface area contributed by atoms with Gasteiger partial charge in [0.2, 0.25) is 0 Å². The Kier molecular flexibility index (Phi) is 10.6. The Balaban J connectivity index is 0.00000420. The fraction of sp³-hybridized carbons (Fsp3) is 0.350. The van der Waals surface area contributed by atoms with Crippen LogP contribution in [0.15, 0.2) is 53.5 Å². The molecule has 0 radical (unpaired) electrons. The highest BCUT2D eigenvalue weighted by Crippen LogP contribution is 2.19. The monoisotopic (exact) mass is 523 g/mol. The Morgan fingerprint density at radius 3 is 2.17 bits per heavy atom. The molecule has 0 bridgehead atoms. The van der Waals surface area contributed by atoms with Gasteiger partial charge in [-0.15, -0.1) is 24.0 Å². The number of benzene rings is 2. The van der Waals surface area contributed by atoms with Crippen LogP contribution in [-0.2, 0) is 13.1 Å². The molecule has 0 heterocycles. The van der Waals surface area contributed by atoms with Crippen LogP contribution in [0.3, 0.4) is 0 Å². The fourth-order valence-electron chi connectivity index (χ4n) is 2.37. The van der Waals surface area contributed by atoms with Gasteiger partial charge in [-0.3, -0.25) is 4.99 Å². The summed E-state index contributed by atoms with van der Waals surface area (Å²) in [5.74, 6) is 1.61. The molecule has 0 fully saturated rings. The van der Waals surface area contributed by atoms with Crippen molar-refractivity contribution in [2.45, 2.75) is 26.2 Å². The Bertz CT molecular complexity index is 768. The lowest BCUT2D eigenvalue weighted by Gasteiger charge is -2.13. The van der Waals surface area contributed by atoms with Crippen LogP contribution in [0.5, 0.6) is 11.5 Å². The first kappa shape index (κ1) is 24.9. The molecule has 0 aliphatic carbocycles. The van der Waals surface area contributed by atoms with Crippen molar-refractivity contribution in [3.05, 3.63) is 59.7 Å². The van der Waals surface area contributed by atoms with Gasteiger partial charge in [-0.05, 0) is 42.3 Å². The summed E-state index contributed by atoms with van der Waals surface area (Å²) in [6, 6.07) is 14.2. The van der Waals surface area contributed by atoms with E-state index in [-0.39, 0.29) is 29.7 Å². The first-order valence-electron chi connectivity index (χ1n) is 8.84. The zero-order chi connectivity index (χ0) is 20.4. The first-order valence-corrected chi connectivity index (χ1v) is 8.84. The van der Waals surface area contributed by atoms with E-state index in [0.717, 1.165) is 16.9 Å².